The van der Waals surface area contributed by atoms with Crippen LogP contribution in [-0.2, 0) is 0 Å². The third-order valence-corrected chi connectivity index (χ3v) is 2.56. The highest BCUT2D eigenvalue weighted by atomic mass is 14.9. The van der Waals surface area contributed by atoms with E-state index in [9.17, 15) is 0 Å². The minimum atomic E-state index is 0.351. The van der Waals surface area contributed by atoms with Crippen LogP contribution in [-0.4, -0.2) is 11.5 Å². The Morgan fingerprint density at radius 2 is 2.27 bits per heavy atom. The van der Waals surface area contributed by atoms with Crippen LogP contribution in [0.15, 0.2) is 18.5 Å². The van der Waals surface area contributed by atoms with Gasteiger partial charge in [-0.15, -0.1) is 0 Å². The number of pyridine rings is 1. The van der Waals surface area contributed by atoms with Gasteiger partial charge in [-0.25, -0.2) is 0 Å². The van der Waals surface area contributed by atoms with Crippen molar-refractivity contribution in [3.8, 4) is 0 Å². The Morgan fingerprint density at radius 1 is 1.47 bits per heavy atom. The molecule has 0 saturated carbocycles. The number of unbranched alkanes of at least 4 members (excludes halogenated alkanes) is 1. The van der Waals surface area contributed by atoms with Crippen molar-refractivity contribution in [2.45, 2.75) is 39.2 Å². The molecule has 0 aromatic carbocycles. The van der Waals surface area contributed by atoms with Crippen LogP contribution in [0.4, 0.5) is 5.69 Å². The van der Waals surface area contributed by atoms with E-state index in [2.05, 4.69) is 24.1 Å². The Balaban J connectivity index is 2.74. The van der Waals surface area contributed by atoms with Gasteiger partial charge in [-0.3, -0.25) is 4.98 Å². The molecular weight excluding hydrogens is 186 g/mol. The molecule has 1 atom stereocenters. The average Bonchev–Trinajstić information content (AvgIpc) is 2.25. The number of nitrogens with one attached hydrogen (secondary N) is 1. The SMILES string of the molecule is CCCCC(NCC)c1cnccc1N. The van der Waals surface area contributed by atoms with E-state index in [1.165, 1.54) is 12.8 Å². The molecule has 3 N–H and O–H groups in total. The van der Waals surface area contributed by atoms with Gasteiger partial charge in [0.1, 0.15) is 0 Å². The molecule has 0 aliphatic carbocycles. The second-order valence-electron chi connectivity index (χ2n) is 3.76. The third-order valence-electron chi connectivity index (χ3n) is 2.56. The smallest absolute Gasteiger partial charge is 0.0393 e. The van der Waals surface area contributed by atoms with Crippen molar-refractivity contribution in [1.82, 2.24) is 10.3 Å². The molecule has 3 nitrogen and oxygen atoms in total. The summed E-state index contributed by atoms with van der Waals surface area (Å²) in [5, 5.41) is 3.45. The van der Waals surface area contributed by atoms with Crippen LogP contribution >= 0.6 is 0 Å². The Morgan fingerprint density at radius 3 is 2.87 bits per heavy atom. The summed E-state index contributed by atoms with van der Waals surface area (Å²) in [6.45, 7) is 5.28. The van der Waals surface area contributed by atoms with Gasteiger partial charge in [0.15, 0.2) is 0 Å². The predicted molar refractivity (Wildman–Crippen MR) is 64.6 cm³/mol. The fourth-order valence-corrected chi connectivity index (χ4v) is 1.73. The minimum absolute atomic E-state index is 0.351. The van der Waals surface area contributed by atoms with E-state index < -0.39 is 0 Å². The van der Waals surface area contributed by atoms with Gasteiger partial charge < -0.3 is 11.1 Å². The van der Waals surface area contributed by atoms with Crippen LogP contribution in [0.2, 0.25) is 0 Å². The van der Waals surface area contributed by atoms with Crippen LogP contribution in [0.1, 0.15) is 44.7 Å². The van der Waals surface area contributed by atoms with Crippen molar-refractivity contribution in [2.75, 3.05) is 12.3 Å². The lowest BCUT2D eigenvalue weighted by molar-refractivity contribution is 0.495. The molecule has 1 aromatic rings. The van der Waals surface area contributed by atoms with Crippen LogP contribution < -0.4 is 11.1 Å². The van der Waals surface area contributed by atoms with E-state index in [0.29, 0.717) is 6.04 Å². The van der Waals surface area contributed by atoms with Gasteiger partial charge in [-0.1, -0.05) is 26.7 Å². The van der Waals surface area contributed by atoms with E-state index in [-0.39, 0.29) is 0 Å². The first-order valence-corrected chi connectivity index (χ1v) is 5.72. The van der Waals surface area contributed by atoms with Crippen molar-refractivity contribution in [3.05, 3.63) is 24.0 Å². The van der Waals surface area contributed by atoms with E-state index in [1.807, 2.05) is 12.3 Å². The van der Waals surface area contributed by atoms with Crippen molar-refractivity contribution < 1.29 is 0 Å². The van der Waals surface area contributed by atoms with Gasteiger partial charge in [-0.2, -0.15) is 0 Å². The quantitative estimate of drug-likeness (QED) is 0.753. The van der Waals surface area contributed by atoms with Crippen molar-refractivity contribution in [2.24, 2.45) is 0 Å². The van der Waals surface area contributed by atoms with Gasteiger partial charge in [-0.05, 0) is 19.0 Å². The van der Waals surface area contributed by atoms with Crippen LogP contribution in [0.3, 0.4) is 0 Å². The van der Waals surface area contributed by atoms with Crippen molar-refractivity contribution >= 4 is 5.69 Å². The summed E-state index contributed by atoms with van der Waals surface area (Å²) in [5.41, 5.74) is 7.92. The number of nitrogens with zero attached hydrogens (tertiary/aromatic N) is 1. The first-order valence-electron chi connectivity index (χ1n) is 5.72. The lowest BCUT2D eigenvalue weighted by atomic mass is 10.0. The van der Waals surface area contributed by atoms with Gasteiger partial charge in [0.05, 0.1) is 0 Å². The molecule has 3 heteroatoms. The van der Waals surface area contributed by atoms with Gasteiger partial charge in [0.25, 0.3) is 0 Å². The molecule has 1 unspecified atom stereocenters. The molecule has 0 spiro atoms. The molecule has 15 heavy (non-hydrogen) atoms. The molecule has 0 saturated heterocycles. The Kier molecular flexibility index (Phi) is 5.12. The lowest BCUT2D eigenvalue weighted by Crippen LogP contribution is -2.22. The van der Waals surface area contributed by atoms with Gasteiger partial charge in [0, 0.05) is 29.7 Å². The Bertz CT molecular complexity index is 286. The van der Waals surface area contributed by atoms with E-state index >= 15 is 0 Å². The molecule has 1 aromatic heterocycles. The first-order chi connectivity index (χ1) is 7.29. The average molecular weight is 207 g/mol. The zero-order valence-corrected chi connectivity index (χ0v) is 9.66. The second-order valence-corrected chi connectivity index (χ2v) is 3.76. The number of anilines is 1. The largest absolute Gasteiger partial charge is 0.398 e. The summed E-state index contributed by atoms with van der Waals surface area (Å²) in [4.78, 5) is 4.14. The Hall–Kier alpha value is -1.09. The maximum Gasteiger partial charge on any atom is 0.0393 e. The van der Waals surface area contributed by atoms with Crippen LogP contribution in [0.25, 0.3) is 0 Å². The highest BCUT2D eigenvalue weighted by Crippen LogP contribution is 2.23. The molecule has 0 amide bonds. The summed E-state index contributed by atoms with van der Waals surface area (Å²) in [5.74, 6) is 0. The Labute approximate surface area is 92.1 Å². The maximum absolute atomic E-state index is 5.94. The summed E-state index contributed by atoms with van der Waals surface area (Å²) in [6, 6.07) is 2.22. The van der Waals surface area contributed by atoms with E-state index in [1.54, 1.807) is 6.20 Å². The first kappa shape index (κ1) is 12.0. The molecule has 0 aliphatic heterocycles. The van der Waals surface area contributed by atoms with Gasteiger partial charge in [0.2, 0.25) is 0 Å². The van der Waals surface area contributed by atoms with Crippen LogP contribution in [0.5, 0.6) is 0 Å². The third kappa shape index (κ3) is 3.51. The number of rotatable bonds is 6. The van der Waals surface area contributed by atoms with E-state index in [0.717, 1.165) is 24.2 Å². The number of hydrogen-bond donors (Lipinski definition) is 2. The molecule has 84 valence electrons. The lowest BCUT2D eigenvalue weighted by Gasteiger charge is -2.19. The standard InChI is InChI=1S/C12H21N3/c1-3-5-6-12(15-4-2)10-9-14-8-7-11(10)13/h7-9,12,15H,3-6H2,1-2H3,(H2,13,14). The molecule has 0 fully saturated rings. The zero-order valence-electron chi connectivity index (χ0n) is 9.66. The van der Waals surface area contributed by atoms with Crippen LogP contribution in [0, 0.1) is 0 Å². The molecule has 0 radical (unpaired) electrons. The summed E-state index contributed by atoms with van der Waals surface area (Å²) < 4.78 is 0. The monoisotopic (exact) mass is 207 g/mol. The second kappa shape index (κ2) is 6.40. The molecule has 1 rings (SSSR count). The van der Waals surface area contributed by atoms with Crippen molar-refractivity contribution in [1.29, 1.82) is 0 Å². The molecule has 0 aliphatic rings. The maximum atomic E-state index is 5.94. The fourth-order valence-electron chi connectivity index (χ4n) is 1.73. The zero-order chi connectivity index (χ0) is 11.1. The number of hydrogen-bond acceptors (Lipinski definition) is 3. The van der Waals surface area contributed by atoms with Gasteiger partial charge >= 0.3 is 0 Å². The molecule has 0 bridgehead atoms. The summed E-state index contributed by atoms with van der Waals surface area (Å²) in [7, 11) is 0. The number of aromatic nitrogens is 1. The summed E-state index contributed by atoms with van der Waals surface area (Å²) >= 11 is 0. The van der Waals surface area contributed by atoms with Crippen molar-refractivity contribution in [3.63, 3.8) is 0 Å². The molecule has 1 heterocycles. The number of nitrogen functional groups attached to an aromatic ring is 1. The normalized spacial score (nSPS) is 12.7. The highest BCUT2D eigenvalue weighted by molar-refractivity contribution is 5.46. The highest BCUT2D eigenvalue weighted by Gasteiger charge is 2.12. The number of nitrogens with two attached hydrogens (primary N) is 1. The molecular formula is C12H21N3. The van der Waals surface area contributed by atoms with E-state index in [4.69, 9.17) is 5.73 Å². The topological polar surface area (TPSA) is 50.9 Å². The fraction of sp³-hybridized carbons (Fsp3) is 0.583. The summed E-state index contributed by atoms with van der Waals surface area (Å²) in [6.07, 6.45) is 7.16. The minimum Gasteiger partial charge on any atom is -0.398 e. The predicted octanol–water partition coefficient (Wildman–Crippen LogP) is 2.50.